The Morgan fingerprint density at radius 1 is 1.35 bits per heavy atom. The van der Waals surface area contributed by atoms with Crippen LogP contribution in [-0.2, 0) is 16.6 Å². The predicted octanol–water partition coefficient (Wildman–Crippen LogP) is 1.86. The Balaban J connectivity index is 2.35. The lowest BCUT2D eigenvalue weighted by Crippen LogP contribution is -2.28. The van der Waals surface area contributed by atoms with Crippen molar-refractivity contribution in [1.29, 1.82) is 0 Å². The van der Waals surface area contributed by atoms with Crippen LogP contribution in [0.4, 0.5) is 8.78 Å². The van der Waals surface area contributed by atoms with Crippen LogP contribution in [0.15, 0.2) is 17.0 Å². The van der Waals surface area contributed by atoms with Gasteiger partial charge in [0.2, 0.25) is 10.0 Å². The summed E-state index contributed by atoms with van der Waals surface area (Å²) in [7, 11) is -2.66. The fourth-order valence-corrected chi connectivity index (χ4v) is 3.09. The van der Waals surface area contributed by atoms with Crippen LogP contribution in [0, 0.1) is 11.6 Å². The van der Waals surface area contributed by atoms with Crippen molar-refractivity contribution in [1.82, 2.24) is 9.62 Å². The fraction of sp³-hybridized carbons (Fsp3) is 0.538. The summed E-state index contributed by atoms with van der Waals surface area (Å²) in [5.74, 6) is -2.45. The summed E-state index contributed by atoms with van der Waals surface area (Å²) in [4.78, 5) is -0.602. The van der Waals surface area contributed by atoms with Gasteiger partial charge < -0.3 is 5.32 Å². The molecule has 1 aromatic carbocycles. The largest absolute Gasteiger partial charge is 0.310 e. The van der Waals surface area contributed by atoms with Crippen LogP contribution in [0.3, 0.4) is 0 Å². The molecule has 1 aliphatic carbocycles. The van der Waals surface area contributed by atoms with Gasteiger partial charge in [-0.15, -0.1) is 0 Å². The van der Waals surface area contributed by atoms with Crippen LogP contribution >= 0.6 is 0 Å². The second-order valence-electron chi connectivity index (χ2n) is 4.96. The first kappa shape index (κ1) is 15.3. The molecule has 1 aromatic rings. The van der Waals surface area contributed by atoms with E-state index in [1.165, 1.54) is 13.1 Å². The second kappa shape index (κ2) is 5.75. The lowest BCUT2D eigenvalue weighted by Gasteiger charge is -2.16. The van der Waals surface area contributed by atoms with E-state index in [0.29, 0.717) is 18.2 Å². The molecule has 0 saturated heterocycles. The maximum Gasteiger partial charge on any atom is 0.245 e. The third kappa shape index (κ3) is 3.16. The molecular formula is C13H18F2N2O2S. The van der Waals surface area contributed by atoms with Gasteiger partial charge in [-0.25, -0.2) is 21.5 Å². The van der Waals surface area contributed by atoms with Crippen LogP contribution in [-0.4, -0.2) is 32.4 Å². The molecule has 0 atom stereocenters. The fourth-order valence-electron chi connectivity index (χ4n) is 1.79. The minimum absolute atomic E-state index is 0.188. The zero-order chi connectivity index (χ0) is 14.9. The highest BCUT2D eigenvalue weighted by atomic mass is 32.2. The normalized spacial score (nSPS) is 15.8. The van der Waals surface area contributed by atoms with Crippen LogP contribution < -0.4 is 5.32 Å². The van der Waals surface area contributed by atoms with E-state index < -0.39 is 26.6 Å². The zero-order valence-electron chi connectivity index (χ0n) is 11.5. The molecule has 0 bridgehead atoms. The molecule has 20 heavy (non-hydrogen) atoms. The number of rotatable bonds is 6. The lowest BCUT2D eigenvalue weighted by atomic mass is 10.2. The molecule has 0 spiro atoms. The van der Waals surface area contributed by atoms with Gasteiger partial charge in [-0.2, -0.15) is 0 Å². The van der Waals surface area contributed by atoms with Gasteiger partial charge >= 0.3 is 0 Å². The maximum atomic E-state index is 13.8. The van der Waals surface area contributed by atoms with Gasteiger partial charge in [0.1, 0.15) is 4.90 Å². The average molecular weight is 304 g/mol. The molecule has 0 aromatic heterocycles. The SMILES string of the molecule is CCN(C)S(=O)(=O)c1cc(CNC2CC2)cc(F)c1F. The molecule has 2 rings (SSSR count). The number of nitrogens with one attached hydrogen (secondary N) is 1. The topological polar surface area (TPSA) is 49.4 Å². The molecule has 1 N–H and O–H groups in total. The molecule has 0 heterocycles. The Morgan fingerprint density at radius 3 is 2.55 bits per heavy atom. The molecular weight excluding hydrogens is 286 g/mol. The van der Waals surface area contributed by atoms with E-state index in [9.17, 15) is 17.2 Å². The standard InChI is InChI=1S/C13H18F2N2O2S/c1-3-17(2)20(18,19)12-7-9(6-11(14)13(12)15)8-16-10-4-5-10/h6-7,10,16H,3-5,8H2,1-2H3. The Labute approximate surface area is 117 Å². The summed E-state index contributed by atoms with van der Waals surface area (Å²) in [5.41, 5.74) is 0.430. The molecule has 4 nitrogen and oxygen atoms in total. The van der Waals surface area contributed by atoms with E-state index >= 15 is 0 Å². The lowest BCUT2D eigenvalue weighted by molar-refractivity contribution is 0.457. The summed E-state index contributed by atoms with van der Waals surface area (Å²) in [6, 6.07) is 2.65. The summed E-state index contributed by atoms with van der Waals surface area (Å²) < 4.78 is 52.6. The Kier molecular flexibility index (Phi) is 4.41. The van der Waals surface area contributed by atoms with E-state index in [2.05, 4.69) is 5.32 Å². The smallest absolute Gasteiger partial charge is 0.245 e. The van der Waals surface area contributed by atoms with Crippen LogP contribution in [0.25, 0.3) is 0 Å². The third-order valence-electron chi connectivity index (χ3n) is 3.36. The first-order chi connectivity index (χ1) is 9.36. The zero-order valence-corrected chi connectivity index (χ0v) is 12.3. The second-order valence-corrected chi connectivity index (χ2v) is 6.98. The third-order valence-corrected chi connectivity index (χ3v) is 5.29. The Morgan fingerprint density at radius 2 is 2.00 bits per heavy atom. The van der Waals surface area contributed by atoms with Crippen molar-refractivity contribution in [2.45, 2.75) is 37.2 Å². The summed E-state index contributed by atoms with van der Waals surface area (Å²) in [6.45, 7) is 2.15. The molecule has 0 amide bonds. The van der Waals surface area contributed by atoms with E-state index in [0.717, 1.165) is 23.2 Å². The number of sulfonamides is 1. The molecule has 1 aliphatic rings. The van der Waals surface area contributed by atoms with Gasteiger partial charge in [-0.1, -0.05) is 6.92 Å². The summed E-state index contributed by atoms with van der Waals surface area (Å²) in [5, 5.41) is 3.14. The van der Waals surface area contributed by atoms with Crippen LogP contribution in [0.2, 0.25) is 0 Å². The number of benzene rings is 1. The molecule has 1 fully saturated rings. The van der Waals surface area contributed by atoms with Crippen LogP contribution in [0.5, 0.6) is 0 Å². The average Bonchev–Trinajstić information content (AvgIpc) is 3.22. The minimum atomic E-state index is -4.00. The number of halogens is 2. The highest BCUT2D eigenvalue weighted by Crippen LogP contribution is 2.24. The van der Waals surface area contributed by atoms with Gasteiger partial charge in [-0.05, 0) is 30.5 Å². The number of nitrogens with zero attached hydrogens (tertiary/aromatic N) is 1. The Hall–Kier alpha value is -1.05. The summed E-state index contributed by atoms with van der Waals surface area (Å²) in [6.07, 6.45) is 2.13. The molecule has 0 radical (unpaired) electrons. The van der Waals surface area contributed by atoms with Gasteiger partial charge in [0.15, 0.2) is 11.6 Å². The van der Waals surface area contributed by atoms with Crippen LogP contribution in [0.1, 0.15) is 25.3 Å². The quantitative estimate of drug-likeness (QED) is 0.872. The highest BCUT2D eigenvalue weighted by Gasteiger charge is 2.27. The van der Waals surface area contributed by atoms with Crippen molar-refractivity contribution in [3.8, 4) is 0 Å². The molecule has 0 unspecified atom stereocenters. The van der Waals surface area contributed by atoms with Crippen molar-refractivity contribution in [3.05, 3.63) is 29.3 Å². The Bertz CT molecular complexity index is 601. The summed E-state index contributed by atoms with van der Waals surface area (Å²) >= 11 is 0. The number of hydrogen-bond acceptors (Lipinski definition) is 3. The van der Waals surface area contributed by atoms with Crippen molar-refractivity contribution < 1.29 is 17.2 Å². The van der Waals surface area contributed by atoms with Crippen molar-refractivity contribution >= 4 is 10.0 Å². The number of hydrogen-bond donors (Lipinski definition) is 1. The first-order valence-electron chi connectivity index (χ1n) is 6.54. The van der Waals surface area contributed by atoms with Crippen molar-refractivity contribution in [2.24, 2.45) is 0 Å². The van der Waals surface area contributed by atoms with E-state index in [4.69, 9.17) is 0 Å². The predicted molar refractivity (Wildman–Crippen MR) is 71.7 cm³/mol. The maximum absolute atomic E-state index is 13.8. The molecule has 112 valence electrons. The van der Waals surface area contributed by atoms with Gasteiger partial charge in [0.25, 0.3) is 0 Å². The van der Waals surface area contributed by atoms with Gasteiger partial charge in [-0.3, -0.25) is 0 Å². The highest BCUT2D eigenvalue weighted by molar-refractivity contribution is 7.89. The van der Waals surface area contributed by atoms with Crippen molar-refractivity contribution in [3.63, 3.8) is 0 Å². The van der Waals surface area contributed by atoms with Gasteiger partial charge in [0, 0.05) is 26.2 Å². The molecule has 1 saturated carbocycles. The monoisotopic (exact) mass is 304 g/mol. The molecule has 0 aliphatic heterocycles. The minimum Gasteiger partial charge on any atom is -0.310 e. The molecule has 7 heteroatoms. The van der Waals surface area contributed by atoms with Gasteiger partial charge in [0.05, 0.1) is 0 Å². The van der Waals surface area contributed by atoms with E-state index in [1.54, 1.807) is 6.92 Å². The van der Waals surface area contributed by atoms with E-state index in [-0.39, 0.29) is 6.54 Å². The first-order valence-corrected chi connectivity index (χ1v) is 7.98. The van der Waals surface area contributed by atoms with E-state index in [1.807, 2.05) is 0 Å². The van der Waals surface area contributed by atoms with Crippen molar-refractivity contribution in [2.75, 3.05) is 13.6 Å².